The molecule has 1 heterocycles. The van der Waals surface area contributed by atoms with Gasteiger partial charge in [0.05, 0.1) is 0 Å². The van der Waals surface area contributed by atoms with Crippen molar-refractivity contribution in [1.29, 1.82) is 0 Å². The van der Waals surface area contributed by atoms with Crippen LogP contribution in [0.3, 0.4) is 0 Å². The molecule has 0 amide bonds. The van der Waals surface area contributed by atoms with Crippen molar-refractivity contribution in [3.63, 3.8) is 0 Å². The van der Waals surface area contributed by atoms with Crippen molar-refractivity contribution in [2.24, 2.45) is 0 Å². The fourth-order valence-corrected chi connectivity index (χ4v) is 5.09. The van der Waals surface area contributed by atoms with Crippen LogP contribution in [0, 0.1) is 0 Å². The molecule has 0 unspecified atom stereocenters. The second-order valence-electron chi connectivity index (χ2n) is 13.9. The molecule has 2 nitrogen and oxygen atoms in total. The highest BCUT2D eigenvalue weighted by molar-refractivity contribution is 7.27. The van der Waals surface area contributed by atoms with Gasteiger partial charge in [-0.15, -0.1) is 0 Å². The quantitative estimate of drug-likeness (QED) is 0.359. The first-order chi connectivity index (χ1) is 14.8. The SMILES string of the molecule is CC1c2cc(C(C)(C)C)cc(C(C)(C)C)c2OPOc2c1cc(C(C)(C)C)cc2C(C)(C)C. The van der Waals surface area contributed by atoms with Crippen LogP contribution in [0.5, 0.6) is 11.5 Å². The Hall–Kier alpha value is -1.53. The van der Waals surface area contributed by atoms with Gasteiger partial charge in [0.25, 0.3) is 9.03 Å². The topological polar surface area (TPSA) is 18.5 Å². The van der Waals surface area contributed by atoms with Crippen LogP contribution in [0.4, 0.5) is 0 Å². The lowest BCUT2D eigenvalue weighted by Gasteiger charge is -2.35. The van der Waals surface area contributed by atoms with Gasteiger partial charge in [0, 0.05) is 28.2 Å². The van der Waals surface area contributed by atoms with E-state index in [2.05, 4.69) is 114 Å². The predicted molar refractivity (Wildman–Crippen MR) is 145 cm³/mol. The van der Waals surface area contributed by atoms with Crippen molar-refractivity contribution >= 4 is 9.03 Å². The molecular formula is C30H45O2P. The lowest BCUT2D eigenvalue weighted by molar-refractivity contribution is 0.458. The first kappa shape index (κ1) is 26.1. The molecule has 33 heavy (non-hydrogen) atoms. The highest BCUT2D eigenvalue weighted by atomic mass is 31.1. The summed E-state index contributed by atoms with van der Waals surface area (Å²) >= 11 is 0. The summed E-state index contributed by atoms with van der Waals surface area (Å²) in [5.74, 6) is 2.17. The molecule has 1 aliphatic rings. The van der Waals surface area contributed by atoms with E-state index in [4.69, 9.17) is 9.05 Å². The Labute approximate surface area is 204 Å². The molecule has 0 spiro atoms. The van der Waals surface area contributed by atoms with Gasteiger partial charge < -0.3 is 9.05 Å². The van der Waals surface area contributed by atoms with E-state index in [1.165, 1.54) is 33.4 Å². The molecule has 3 rings (SSSR count). The molecule has 0 fully saturated rings. The van der Waals surface area contributed by atoms with Crippen molar-refractivity contribution in [2.45, 2.75) is 118 Å². The first-order valence-electron chi connectivity index (χ1n) is 12.3. The third kappa shape index (κ3) is 5.27. The first-order valence-corrected chi connectivity index (χ1v) is 13.1. The second-order valence-corrected chi connectivity index (χ2v) is 14.5. The van der Waals surface area contributed by atoms with Crippen LogP contribution in [-0.4, -0.2) is 0 Å². The smallest absolute Gasteiger partial charge is 0.275 e. The van der Waals surface area contributed by atoms with Crippen LogP contribution < -0.4 is 9.05 Å². The summed E-state index contributed by atoms with van der Waals surface area (Å²) in [5, 5.41) is 0. The van der Waals surface area contributed by atoms with Gasteiger partial charge in [0.1, 0.15) is 11.5 Å². The zero-order valence-corrected chi connectivity index (χ0v) is 24.2. The van der Waals surface area contributed by atoms with Gasteiger partial charge in [-0.1, -0.05) is 114 Å². The van der Waals surface area contributed by atoms with Gasteiger partial charge in [-0.2, -0.15) is 0 Å². The maximum absolute atomic E-state index is 6.45. The zero-order valence-electron chi connectivity index (χ0n) is 23.2. The van der Waals surface area contributed by atoms with Gasteiger partial charge in [-0.3, -0.25) is 0 Å². The Morgan fingerprint density at radius 2 is 0.879 bits per heavy atom. The number of fused-ring (bicyclic) bond motifs is 2. The summed E-state index contributed by atoms with van der Waals surface area (Å²) in [7, 11) is -0.0682. The fourth-order valence-electron chi connectivity index (χ4n) is 4.43. The normalized spacial score (nSPS) is 18.0. The Morgan fingerprint density at radius 3 is 1.15 bits per heavy atom. The molecule has 0 N–H and O–H groups in total. The minimum absolute atomic E-state index is 0.0264. The van der Waals surface area contributed by atoms with E-state index in [-0.39, 0.29) is 36.6 Å². The molecule has 2 aromatic rings. The van der Waals surface area contributed by atoms with E-state index in [9.17, 15) is 0 Å². The lowest BCUT2D eigenvalue weighted by Crippen LogP contribution is -2.22. The molecule has 0 saturated heterocycles. The van der Waals surface area contributed by atoms with Crippen molar-refractivity contribution in [2.75, 3.05) is 0 Å². The maximum Gasteiger partial charge on any atom is 0.275 e. The van der Waals surface area contributed by atoms with Crippen LogP contribution in [-0.2, 0) is 21.7 Å². The van der Waals surface area contributed by atoms with Crippen molar-refractivity contribution in [3.8, 4) is 11.5 Å². The van der Waals surface area contributed by atoms with Gasteiger partial charge >= 0.3 is 0 Å². The van der Waals surface area contributed by atoms with Crippen molar-refractivity contribution < 1.29 is 9.05 Å². The number of hydrogen-bond acceptors (Lipinski definition) is 2. The summed E-state index contributed by atoms with van der Waals surface area (Å²) in [6, 6.07) is 9.47. The fraction of sp³-hybridized carbons (Fsp3) is 0.600. The monoisotopic (exact) mass is 468 g/mol. The third-order valence-corrected chi connectivity index (χ3v) is 7.38. The molecule has 0 aliphatic carbocycles. The van der Waals surface area contributed by atoms with E-state index >= 15 is 0 Å². The average Bonchev–Trinajstić information content (AvgIpc) is 2.62. The summed E-state index contributed by atoms with van der Waals surface area (Å²) in [5.41, 5.74) is 7.85. The summed E-state index contributed by atoms with van der Waals surface area (Å²) in [6.45, 7) is 29.7. The predicted octanol–water partition coefficient (Wildman–Crippen LogP) is 9.31. The highest BCUT2D eigenvalue weighted by Crippen LogP contribution is 2.51. The summed E-state index contributed by atoms with van der Waals surface area (Å²) in [6.07, 6.45) is 0. The van der Waals surface area contributed by atoms with Crippen LogP contribution in [0.15, 0.2) is 24.3 Å². The Bertz CT molecular complexity index is 954. The molecule has 0 bridgehead atoms. The van der Waals surface area contributed by atoms with Crippen LogP contribution >= 0.6 is 9.03 Å². The Balaban J connectivity index is 2.39. The van der Waals surface area contributed by atoms with E-state index in [1.807, 2.05) is 0 Å². The van der Waals surface area contributed by atoms with E-state index in [0.29, 0.717) is 0 Å². The molecular weight excluding hydrogens is 423 g/mol. The molecule has 0 saturated carbocycles. The van der Waals surface area contributed by atoms with Gasteiger partial charge in [0.15, 0.2) is 0 Å². The molecule has 3 heteroatoms. The molecule has 2 aromatic carbocycles. The zero-order chi connectivity index (χ0) is 25.1. The largest absolute Gasteiger partial charge is 0.440 e. The second kappa shape index (κ2) is 8.30. The van der Waals surface area contributed by atoms with Gasteiger partial charge in [0.2, 0.25) is 0 Å². The Morgan fingerprint density at radius 1 is 0.545 bits per heavy atom. The third-order valence-electron chi connectivity index (χ3n) is 6.80. The number of hydrogen-bond donors (Lipinski definition) is 0. The lowest BCUT2D eigenvalue weighted by atomic mass is 9.74. The summed E-state index contributed by atoms with van der Waals surface area (Å²) < 4.78 is 12.9. The standard InChI is InChI=1S/C30H45O2P/c1-18-21-14-19(27(2,3)4)16-23(29(8,9)10)25(21)31-33-32-26-22(18)15-20(28(5,6)7)17-24(26)30(11,12)13/h14-18,33H,1-13H3. The van der Waals surface area contributed by atoms with E-state index in [1.54, 1.807) is 0 Å². The molecule has 1 aliphatic heterocycles. The van der Waals surface area contributed by atoms with Gasteiger partial charge in [-0.25, -0.2) is 0 Å². The molecule has 0 radical (unpaired) electrons. The van der Waals surface area contributed by atoms with Crippen LogP contribution in [0.2, 0.25) is 0 Å². The molecule has 0 aromatic heterocycles. The molecule has 182 valence electrons. The Kier molecular flexibility index (Phi) is 6.56. The summed E-state index contributed by atoms with van der Waals surface area (Å²) in [4.78, 5) is 0. The van der Waals surface area contributed by atoms with E-state index < -0.39 is 0 Å². The van der Waals surface area contributed by atoms with Crippen LogP contribution in [0.1, 0.15) is 129 Å². The van der Waals surface area contributed by atoms with Crippen molar-refractivity contribution in [3.05, 3.63) is 57.6 Å². The van der Waals surface area contributed by atoms with Crippen LogP contribution in [0.25, 0.3) is 0 Å². The minimum Gasteiger partial charge on any atom is -0.440 e. The minimum atomic E-state index is -0.0682. The number of benzene rings is 2. The number of rotatable bonds is 0. The average molecular weight is 469 g/mol. The van der Waals surface area contributed by atoms with Gasteiger partial charge in [-0.05, 0) is 32.8 Å². The van der Waals surface area contributed by atoms with E-state index in [0.717, 1.165) is 11.5 Å². The maximum atomic E-state index is 6.45. The van der Waals surface area contributed by atoms with Crippen molar-refractivity contribution in [1.82, 2.24) is 0 Å². The molecule has 0 atom stereocenters. The highest BCUT2D eigenvalue weighted by Gasteiger charge is 2.34.